The predicted octanol–water partition coefficient (Wildman–Crippen LogP) is 5.28. The van der Waals surface area contributed by atoms with Crippen LogP contribution in [0, 0.1) is 0 Å². The van der Waals surface area contributed by atoms with Gasteiger partial charge in [-0.25, -0.2) is 14.8 Å². The van der Waals surface area contributed by atoms with Crippen molar-refractivity contribution in [3.8, 4) is 34.3 Å². The van der Waals surface area contributed by atoms with Crippen molar-refractivity contribution in [1.82, 2.24) is 30.6 Å². The molecule has 2 heterocycles. The van der Waals surface area contributed by atoms with Crippen molar-refractivity contribution in [2.45, 2.75) is 123 Å². The summed E-state index contributed by atoms with van der Waals surface area (Å²) in [6.07, 6.45) is 19.6. The molecule has 0 bridgehead atoms. The van der Waals surface area contributed by atoms with Gasteiger partial charge in [-0.15, -0.1) is 0 Å². The molecule has 4 aromatic rings. The summed E-state index contributed by atoms with van der Waals surface area (Å²) in [5.41, 5.74) is 4.90. The zero-order chi connectivity index (χ0) is 55.9. The van der Waals surface area contributed by atoms with Crippen LogP contribution in [0.25, 0.3) is 33.4 Å². The van der Waals surface area contributed by atoms with Crippen molar-refractivity contribution in [3.63, 3.8) is 0 Å². The average Bonchev–Trinajstić information content (AvgIpc) is 3.44. The molecule has 0 spiro atoms. The number of nitrogens with zero attached hydrogens (tertiary/aromatic N) is 4. The Morgan fingerprint density at radius 1 is 0.633 bits per heavy atom. The summed E-state index contributed by atoms with van der Waals surface area (Å²) in [6, 6.07) is 15.7. The molecule has 4 rings (SSSR count). The largest absolute Gasteiger partial charge is 1.00 e. The molecule has 24 heteroatoms. The summed E-state index contributed by atoms with van der Waals surface area (Å²) in [4.78, 5) is 78.1. The third kappa shape index (κ3) is 31.1. The molecule has 22 nitrogen and oxygen atoms in total. The number of esters is 2. The fraction of sp³-hybridized carbons (Fsp3) is 0.600. The maximum absolute atomic E-state index is 12.3. The van der Waals surface area contributed by atoms with Gasteiger partial charge in [0, 0.05) is 38.2 Å². The molecule has 0 aliphatic carbocycles. The van der Waals surface area contributed by atoms with Crippen LogP contribution < -0.4 is 54.6 Å². The Morgan fingerprint density at radius 2 is 1.24 bits per heavy atom. The number of nitrogens with one attached hydrogen (secondary N) is 2. The minimum atomic E-state index is -4.89. The van der Waals surface area contributed by atoms with Crippen molar-refractivity contribution < 1.29 is 105 Å². The Balaban J connectivity index is 0.0000164. The van der Waals surface area contributed by atoms with Crippen molar-refractivity contribution in [2.75, 3.05) is 92.9 Å². The number of alkyl carbamates (subject to hydrolysis) is 1. The summed E-state index contributed by atoms with van der Waals surface area (Å²) < 4.78 is 64.5. The number of rotatable bonds is 44. The first kappa shape index (κ1) is 68.4. The van der Waals surface area contributed by atoms with Crippen LogP contribution in [-0.4, -0.2) is 143 Å². The minimum Gasteiger partial charge on any atom is -0.756 e. The van der Waals surface area contributed by atoms with Crippen molar-refractivity contribution in [1.29, 1.82) is 0 Å². The van der Waals surface area contributed by atoms with E-state index in [1.807, 2.05) is 48.5 Å². The average molecular weight is 1140 g/mol. The van der Waals surface area contributed by atoms with Gasteiger partial charge in [-0.3, -0.25) is 23.9 Å². The molecule has 2 aromatic carbocycles. The number of aromatic nitrogens is 4. The maximum Gasteiger partial charge on any atom is 1.00 e. The smallest absolute Gasteiger partial charge is 0.756 e. The summed E-state index contributed by atoms with van der Waals surface area (Å²) in [5, 5.41) is 4.94. The van der Waals surface area contributed by atoms with Gasteiger partial charge in [-0.2, -0.15) is 4.98 Å². The molecule has 0 saturated carbocycles. The van der Waals surface area contributed by atoms with E-state index in [-0.39, 0.29) is 108 Å². The normalized spacial score (nSPS) is 12.2. The molecule has 2 unspecified atom stereocenters. The summed E-state index contributed by atoms with van der Waals surface area (Å²) in [5.74, 6) is -1.24. The topological polar surface area (TPSA) is 276 Å². The Kier molecular flexibility index (Phi) is 36.4. The van der Waals surface area contributed by atoms with Crippen LogP contribution in [0.2, 0.25) is 0 Å². The number of hydrogen-bond donors (Lipinski definition) is 2. The molecule has 2 N–H and O–H groups in total. The second-order valence-corrected chi connectivity index (χ2v) is 19.5. The second kappa shape index (κ2) is 42.0. The van der Waals surface area contributed by atoms with Crippen LogP contribution in [0.3, 0.4) is 0 Å². The Bertz CT molecular complexity index is 2390. The number of hydrogen-bond acceptors (Lipinski definition) is 20. The van der Waals surface area contributed by atoms with E-state index in [1.54, 1.807) is 12.4 Å². The molecule has 2 amide bonds. The number of amides is 2. The van der Waals surface area contributed by atoms with Crippen molar-refractivity contribution in [2.24, 2.45) is 0 Å². The molecule has 79 heavy (non-hydrogen) atoms. The van der Waals surface area contributed by atoms with Crippen LogP contribution in [0.1, 0.15) is 117 Å². The summed E-state index contributed by atoms with van der Waals surface area (Å²) in [7, 11) is -3.36. The Morgan fingerprint density at radius 3 is 1.91 bits per heavy atom. The van der Waals surface area contributed by atoms with E-state index in [2.05, 4.69) is 32.5 Å². The standard InChI is InChI=1S/C55H81N6O16P.Na/c1-4-5-6-7-8-9-10-11-12-13-14-15-16-17-18-23-52(64)74-40-46(77-43(2)62)41-76-78(66,67)75-31-29-57-55(65)73-37-35-71-42-51(63)56-28-30-69-32-33-70-34-36-72-54-59-38-47(53(61-54)68-3)44-24-26-45(27-25-44)50-39-58-48-21-19-20-22-49(48)60-50;/h19-22,24-27,38-39,46H,4-18,23,28-37,40-42H2,1-3H3,(H,56,63)(H,57,65)(H,66,67);/q;+1/p-1. The zero-order valence-corrected chi connectivity index (χ0v) is 49.5. The van der Waals surface area contributed by atoms with Gasteiger partial charge in [-0.1, -0.05) is 133 Å². The minimum absolute atomic E-state index is 0. The van der Waals surface area contributed by atoms with E-state index in [9.17, 15) is 28.6 Å². The number of unbranched alkanes of at least 4 members (excludes halogenated alkanes) is 14. The first-order valence-electron chi connectivity index (χ1n) is 27.2. The van der Waals surface area contributed by atoms with E-state index in [0.29, 0.717) is 24.5 Å². The van der Waals surface area contributed by atoms with Crippen LogP contribution in [0.15, 0.2) is 60.9 Å². The number of methoxy groups -OCH3 is 1. The fourth-order valence-electron chi connectivity index (χ4n) is 7.70. The molecule has 2 atom stereocenters. The van der Waals surface area contributed by atoms with E-state index >= 15 is 0 Å². The van der Waals surface area contributed by atoms with Crippen molar-refractivity contribution in [3.05, 3.63) is 60.9 Å². The van der Waals surface area contributed by atoms with Gasteiger partial charge < -0.3 is 62.5 Å². The van der Waals surface area contributed by atoms with E-state index in [4.69, 9.17) is 51.9 Å². The van der Waals surface area contributed by atoms with Gasteiger partial charge in [0.2, 0.25) is 11.8 Å². The quantitative estimate of drug-likeness (QED) is 0.0187. The maximum atomic E-state index is 12.3. The van der Waals surface area contributed by atoms with Crippen LogP contribution >= 0.6 is 7.82 Å². The number of carbonyl (C=O) groups excluding carboxylic acids is 4. The number of ether oxygens (including phenoxy) is 8. The van der Waals surface area contributed by atoms with Gasteiger partial charge in [0.15, 0.2) is 6.10 Å². The van der Waals surface area contributed by atoms with E-state index in [0.717, 1.165) is 54.0 Å². The van der Waals surface area contributed by atoms with Crippen LogP contribution in [0.4, 0.5) is 4.79 Å². The molecular formula is C55H80N6NaO16P. The zero-order valence-electron chi connectivity index (χ0n) is 46.6. The fourth-order valence-corrected chi connectivity index (χ4v) is 8.44. The second-order valence-electron chi connectivity index (χ2n) is 18.1. The summed E-state index contributed by atoms with van der Waals surface area (Å²) in [6.45, 7) is 2.53. The number of phosphoric ester groups is 1. The molecule has 2 aromatic heterocycles. The SMILES string of the molecule is CCCCCCCCCCCCCCCCCC(=O)OCC(COP(=O)([O-])OCCNC(=O)OCCOCC(=O)NCCOCCOCCOc1ncc(-c2ccc(-c3cnc4ccccc4n3)cc2)c(OC)n1)OC(C)=O.[Na+]. The summed E-state index contributed by atoms with van der Waals surface area (Å²) >= 11 is 0. The number of benzene rings is 2. The van der Waals surface area contributed by atoms with Gasteiger partial charge >= 0.3 is 53.6 Å². The molecule has 0 aliphatic rings. The van der Waals surface area contributed by atoms with Crippen LogP contribution in [-0.2, 0) is 56.4 Å². The number of phosphoric acid groups is 1. The first-order valence-corrected chi connectivity index (χ1v) is 28.6. The number of carbonyl (C=O) groups is 4. The first-order chi connectivity index (χ1) is 38.0. The molecule has 0 saturated heterocycles. The Labute approximate surface area is 486 Å². The van der Waals surface area contributed by atoms with Crippen LogP contribution in [0.5, 0.6) is 11.9 Å². The Hall–Kier alpha value is -4.87. The van der Waals surface area contributed by atoms with Gasteiger partial charge in [-0.05, 0) is 24.1 Å². The molecular weight excluding hydrogens is 1050 g/mol. The van der Waals surface area contributed by atoms with Crippen molar-refractivity contribution >= 4 is 42.8 Å². The number of para-hydroxylation sites is 2. The third-order valence-corrected chi connectivity index (χ3v) is 12.7. The molecule has 0 fully saturated rings. The monoisotopic (exact) mass is 1130 g/mol. The van der Waals surface area contributed by atoms with Gasteiger partial charge in [0.25, 0.3) is 7.82 Å². The number of fused-ring (bicyclic) bond motifs is 1. The van der Waals surface area contributed by atoms with Gasteiger partial charge in [0.1, 0.15) is 26.4 Å². The predicted molar refractivity (Wildman–Crippen MR) is 288 cm³/mol. The van der Waals surface area contributed by atoms with Gasteiger partial charge in [0.05, 0.1) is 81.8 Å². The molecule has 0 aliphatic heterocycles. The van der Waals surface area contributed by atoms with E-state index < -0.39 is 51.1 Å². The van der Waals surface area contributed by atoms with E-state index in [1.165, 1.54) is 77.7 Å². The molecule has 0 radical (unpaired) electrons. The molecule has 432 valence electrons. The third-order valence-electron chi connectivity index (χ3n) is 11.7.